The van der Waals surface area contributed by atoms with Crippen molar-refractivity contribution >= 4 is 28.8 Å². The summed E-state index contributed by atoms with van der Waals surface area (Å²) in [5.41, 5.74) is 2.15. The van der Waals surface area contributed by atoms with Crippen LogP contribution in [-0.2, 0) is 0 Å². The fourth-order valence-corrected chi connectivity index (χ4v) is 4.33. The normalized spacial score (nSPS) is 17.8. The number of nitrogens with zero attached hydrogens (tertiary/aromatic N) is 1. The van der Waals surface area contributed by atoms with Crippen molar-refractivity contribution in [3.8, 4) is 0 Å². The molecule has 1 unspecified atom stereocenters. The third-order valence-electron chi connectivity index (χ3n) is 4.33. The molecule has 0 amide bonds. The number of rotatable bonds is 15. The highest BCUT2D eigenvalue weighted by molar-refractivity contribution is 8.31. The molecule has 0 aliphatic carbocycles. The summed E-state index contributed by atoms with van der Waals surface area (Å²) in [5.74, 6) is 1.37. The minimum atomic E-state index is 0. The van der Waals surface area contributed by atoms with Crippen molar-refractivity contribution in [3.05, 3.63) is 11.6 Å². The van der Waals surface area contributed by atoms with Crippen LogP contribution in [0.15, 0.2) is 16.6 Å². The molecule has 1 nitrogen and oxygen atoms in total. The molecule has 0 N–H and O–H groups in total. The van der Waals surface area contributed by atoms with Crippen LogP contribution in [0.3, 0.4) is 0 Å². The minimum Gasteiger partial charge on any atom is -0.259 e. The van der Waals surface area contributed by atoms with Crippen LogP contribution in [0.4, 0.5) is 0 Å². The quantitative estimate of drug-likeness (QED) is 0.234. The summed E-state index contributed by atoms with van der Waals surface area (Å²) in [6, 6.07) is 0. The van der Waals surface area contributed by atoms with E-state index in [9.17, 15) is 0 Å². The van der Waals surface area contributed by atoms with Crippen LogP contribution in [0, 0.1) is 0 Å². The lowest BCUT2D eigenvalue weighted by atomic mass is 10.0. The number of halogens is 1. The molecule has 0 aromatic rings. The summed E-state index contributed by atoms with van der Waals surface area (Å²) < 4.78 is 0. The first-order chi connectivity index (χ1) is 10.4. The van der Waals surface area contributed by atoms with E-state index < -0.39 is 0 Å². The number of hydrogen-bond donors (Lipinski definition) is 1. The van der Waals surface area contributed by atoms with E-state index in [1.165, 1.54) is 95.6 Å². The van der Waals surface area contributed by atoms with Crippen molar-refractivity contribution in [3.63, 3.8) is 0 Å². The summed E-state index contributed by atoms with van der Waals surface area (Å²) >= 11 is 0. The smallest absolute Gasteiger partial charge is 0.0436 e. The van der Waals surface area contributed by atoms with E-state index in [2.05, 4.69) is 22.9 Å². The largest absolute Gasteiger partial charge is 0.259 e. The van der Waals surface area contributed by atoms with Crippen molar-refractivity contribution in [2.45, 2.75) is 96.8 Å². The molecule has 132 valence electrons. The topological polar surface area (TPSA) is 12.4 Å². The van der Waals surface area contributed by atoms with Crippen LogP contribution in [0.1, 0.15) is 96.8 Å². The maximum Gasteiger partial charge on any atom is 0.0436 e. The third kappa shape index (κ3) is 13.7. The Morgan fingerprint density at radius 3 is 1.55 bits per heavy atom. The molecule has 0 spiro atoms. The molecule has 0 aromatic heterocycles. The summed E-state index contributed by atoms with van der Waals surface area (Å²) in [6.07, 6.45) is 22.3. The lowest BCUT2D eigenvalue weighted by molar-refractivity contribution is 0.538. The maximum absolute atomic E-state index is 4.17. The van der Waals surface area contributed by atoms with Gasteiger partial charge in [0.25, 0.3) is 0 Å². The molecule has 3 heteroatoms. The molecule has 1 heterocycles. The van der Waals surface area contributed by atoms with Crippen LogP contribution >= 0.6 is 23.3 Å². The molecular formula is C19H38ClNS. The molecule has 0 radical (unpaired) electrons. The van der Waals surface area contributed by atoms with Crippen LogP contribution in [0.2, 0.25) is 0 Å². The van der Waals surface area contributed by atoms with Crippen molar-refractivity contribution in [2.75, 3.05) is 5.75 Å². The van der Waals surface area contributed by atoms with Crippen LogP contribution < -0.4 is 0 Å². The fraction of sp³-hybridized carbons (Fsp3) is 0.842. The van der Waals surface area contributed by atoms with Crippen molar-refractivity contribution in [2.24, 2.45) is 4.99 Å². The Morgan fingerprint density at radius 2 is 1.14 bits per heavy atom. The highest BCUT2D eigenvalue weighted by Crippen LogP contribution is 2.28. The lowest BCUT2D eigenvalue weighted by Gasteiger charge is -2.07. The molecule has 1 atom stereocenters. The van der Waals surface area contributed by atoms with E-state index in [1.54, 1.807) is 0 Å². The van der Waals surface area contributed by atoms with Crippen LogP contribution in [-0.4, -0.2) is 11.3 Å². The third-order valence-corrected chi connectivity index (χ3v) is 6.11. The summed E-state index contributed by atoms with van der Waals surface area (Å²) in [6.45, 7) is 2.29. The summed E-state index contributed by atoms with van der Waals surface area (Å²) in [7, 11) is 0.0421. The van der Waals surface area contributed by atoms with E-state index in [0.29, 0.717) is 0 Å². The first kappa shape index (κ1) is 22.1. The van der Waals surface area contributed by atoms with Gasteiger partial charge >= 0.3 is 0 Å². The average Bonchev–Trinajstić information content (AvgIpc) is 3.01. The van der Waals surface area contributed by atoms with Gasteiger partial charge < -0.3 is 0 Å². The monoisotopic (exact) mass is 347 g/mol. The van der Waals surface area contributed by atoms with Gasteiger partial charge in [0.05, 0.1) is 0 Å². The molecule has 22 heavy (non-hydrogen) atoms. The molecule has 1 aliphatic heterocycles. The fourth-order valence-electron chi connectivity index (χ4n) is 2.91. The average molecular weight is 348 g/mol. The Morgan fingerprint density at radius 1 is 0.682 bits per heavy atom. The molecule has 0 aromatic carbocycles. The standard InChI is InChI=1S/C19H37NS.ClH/c1-2-3-4-5-6-7-8-9-10-11-12-13-14-15-17-21-18-16-20-19-21;/h16,18-19,21H,2-15,17H2,1H3;1H. The van der Waals surface area contributed by atoms with Gasteiger partial charge in [-0.15, -0.1) is 12.4 Å². The van der Waals surface area contributed by atoms with E-state index in [-0.39, 0.29) is 23.3 Å². The molecule has 0 saturated heterocycles. The summed E-state index contributed by atoms with van der Waals surface area (Å²) in [5, 5.41) is 2.29. The van der Waals surface area contributed by atoms with Crippen molar-refractivity contribution in [1.29, 1.82) is 0 Å². The highest BCUT2D eigenvalue weighted by atomic mass is 35.5. The van der Waals surface area contributed by atoms with Gasteiger partial charge in [0, 0.05) is 11.7 Å². The van der Waals surface area contributed by atoms with Gasteiger partial charge in [0.1, 0.15) is 0 Å². The van der Waals surface area contributed by atoms with E-state index in [4.69, 9.17) is 0 Å². The molecule has 0 saturated carbocycles. The number of thiol groups is 1. The SMILES string of the molecule is CCCCCCCCCCCCCCCC[SH]1C=CN=C1.Cl. The Balaban J connectivity index is 0.00000441. The zero-order valence-corrected chi connectivity index (χ0v) is 16.4. The Labute approximate surface area is 148 Å². The van der Waals surface area contributed by atoms with E-state index >= 15 is 0 Å². The Hall–Kier alpha value is 0.0500. The van der Waals surface area contributed by atoms with Crippen molar-refractivity contribution < 1.29 is 0 Å². The van der Waals surface area contributed by atoms with Gasteiger partial charge in [-0.2, -0.15) is 10.9 Å². The van der Waals surface area contributed by atoms with Gasteiger partial charge in [0.2, 0.25) is 0 Å². The molecule has 0 fully saturated rings. The van der Waals surface area contributed by atoms with Gasteiger partial charge in [-0.25, -0.2) is 0 Å². The number of aliphatic imine (C=N–C) groups is 1. The van der Waals surface area contributed by atoms with Gasteiger partial charge in [0.15, 0.2) is 0 Å². The molecule has 1 rings (SSSR count). The molecule has 1 aliphatic rings. The lowest BCUT2D eigenvalue weighted by Crippen LogP contribution is -1.87. The first-order valence-electron chi connectivity index (χ1n) is 9.39. The van der Waals surface area contributed by atoms with Crippen LogP contribution in [0.5, 0.6) is 0 Å². The second kappa shape index (κ2) is 17.4. The Bertz CT molecular complexity index is 267. The van der Waals surface area contributed by atoms with E-state index in [0.717, 1.165) is 0 Å². The predicted molar refractivity (Wildman–Crippen MR) is 109 cm³/mol. The van der Waals surface area contributed by atoms with Gasteiger partial charge in [-0.1, -0.05) is 90.4 Å². The Kier molecular flexibility index (Phi) is 17.4. The number of unbranched alkanes of at least 4 members (excludes halogenated alkanes) is 13. The minimum absolute atomic E-state index is 0. The predicted octanol–water partition coefficient (Wildman–Crippen LogP) is 7.40. The zero-order chi connectivity index (χ0) is 15.0. The van der Waals surface area contributed by atoms with Gasteiger partial charge in [-0.05, 0) is 17.6 Å². The first-order valence-corrected chi connectivity index (χ1v) is 11.1. The van der Waals surface area contributed by atoms with Crippen LogP contribution in [0.25, 0.3) is 0 Å². The molecule has 0 bridgehead atoms. The second-order valence-electron chi connectivity index (χ2n) is 6.40. The maximum atomic E-state index is 4.17. The highest BCUT2D eigenvalue weighted by Gasteiger charge is 1.99. The zero-order valence-electron chi connectivity index (χ0n) is 14.6. The molecular weight excluding hydrogens is 310 g/mol. The number of hydrogen-bond acceptors (Lipinski definition) is 1. The second-order valence-corrected chi connectivity index (χ2v) is 8.40. The van der Waals surface area contributed by atoms with Crippen molar-refractivity contribution in [1.82, 2.24) is 0 Å². The van der Waals surface area contributed by atoms with E-state index in [1.807, 2.05) is 6.20 Å². The summed E-state index contributed by atoms with van der Waals surface area (Å²) in [4.78, 5) is 4.17. The van der Waals surface area contributed by atoms with Gasteiger partial charge in [-0.3, -0.25) is 4.99 Å².